The monoisotopic (exact) mass is 363 g/mol. The smallest absolute Gasteiger partial charge is 0.343 e. The lowest BCUT2D eigenvalue weighted by Crippen LogP contribution is -2.29. The first-order valence-electron chi connectivity index (χ1n) is 9.33. The Balaban J connectivity index is 1.68. The van der Waals surface area contributed by atoms with Gasteiger partial charge in [-0.3, -0.25) is 0 Å². The van der Waals surface area contributed by atoms with Crippen LogP contribution in [0.25, 0.3) is 27.7 Å². The Kier molecular flexibility index (Phi) is 4.14. The van der Waals surface area contributed by atoms with E-state index in [1.54, 1.807) is 0 Å². The summed E-state index contributed by atoms with van der Waals surface area (Å²) in [6.07, 6.45) is 1.97. The third-order valence-electron chi connectivity index (χ3n) is 4.81. The molecule has 1 N–H and O–H groups in total. The molecular weight excluding hydrogens is 344 g/mol. The Morgan fingerprint density at radius 3 is 2.29 bits per heavy atom. The molecule has 0 aliphatic rings. The van der Waals surface area contributed by atoms with E-state index in [-0.39, 0.29) is 0 Å². The van der Waals surface area contributed by atoms with Crippen molar-refractivity contribution in [2.24, 2.45) is 0 Å². The van der Waals surface area contributed by atoms with Gasteiger partial charge in [-0.15, -0.1) is 4.52 Å². The van der Waals surface area contributed by atoms with Crippen LogP contribution in [0.15, 0.2) is 97.2 Å². The Hall–Kier alpha value is -3.79. The summed E-state index contributed by atoms with van der Waals surface area (Å²) in [7, 11) is 0. The number of hydrogen-bond donors (Lipinski definition) is 1. The Labute approximate surface area is 163 Å². The maximum atomic E-state index is 4.98. The van der Waals surface area contributed by atoms with Crippen LogP contribution in [-0.4, -0.2) is 10.1 Å². The van der Waals surface area contributed by atoms with Crippen LogP contribution in [0.1, 0.15) is 5.56 Å². The van der Waals surface area contributed by atoms with Crippen molar-refractivity contribution < 1.29 is 4.52 Å². The van der Waals surface area contributed by atoms with Crippen LogP contribution in [0.5, 0.6) is 0 Å². The second-order valence-corrected chi connectivity index (χ2v) is 6.69. The highest BCUT2D eigenvalue weighted by Gasteiger charge is 2.20. The number of nitrogens with one attached hydrogen (secondary N) is 1. The van der Waals surface area contributed by atoms with E-state index in [1.165, 1.54) is 5.56 Å². The fourth-order valence-corrected chi connectivity index (χ4v) is 3.39. The maximum absolute atomic E-state index is 4.98. The first kappa shape index (κ1) is 16.4. The maximum Gasteiger partial charge on any atom is 0.358 e. The van der Waals surface area contributed by atoms with Gasteiger partial charge in [0, 0.05) is 12.1 Å². The summed E-state index contributed by atoms with van der Waals surface area (Å²) in [5.41, 5.74) is 3.92. The fraction of sp³-hybridized carbons (Fsp3) is 0.0417. The van der Waals surface area contributed by atoms with Crippen LogP contribution in [0.3, 0.4) is 0 Å². The number of fused-ring (bicyclic) bond motifs is 3. The average Bonchev–Trinajstić information content (AvgIpc) is 2.78. The third-order valence-corrected chi connectivity index (χ3v) is 4.81. The molecule has 0 atom stereocenters. The molecule has 5 rings (SSSR count). The van der Waals surface area contributed by atoms with Gasteiger partial charge in [0.1, 0.15) is 6.20 Å². The number of anilines is 1. The Bertz CT molecular complexity index is 1250. The lowest BCUT2D eigenvalue weighted by atomic mass is 10.1. The summed E-state index contributed by atoms with van der Waals surface area (Å²) >= 11 is 0. The lowest BCUT2D eigenvalue weighted by Gasteiger charge is -2.07. The molecule has 2 aromatic heterocycles. The molecule has 4 nitrogen and oxygen atoms in total. The minimum atomic E-state index is 0.691. The summed E-state index contributed by atoms with van der Waals surface area (Å²) in [5.74, 6) is 0.784. The normalized spacial score (nSPS) is 11.0. The standard InChI is InChI=1S/C24H18N4/c1-3-9-18(10-4-1)17-25-23-22(20-12-5-2-6-13-20)27-28-16-15-19-11-7-8-14-21(19)24(28)26-23/h1-16H,17H2/p+1. The summed E-state index contributed by atoms with van der Waals surface area (Å²) in [4.78, 5) is 4.98. The fourth-order valence-electron chi connectivity index (χ4n) is 3.39. The molecule has 2 heterocycles. The van der Waals surface area contributed by atoms with Crippen LogP contribution in [-0.2, 0) is 6.54 Å². The average molecular weight is 363 g/mol. The van der Waals surface area contributed by atoms with Gasteiger partial charge in [-0.05, 0) is 28.1 Å². The third kappa shape index (κ3) is 3.05. The van der Waals surface area contributed by atoms with Gasteiger partial charge in [-0.2, -0.15) is 0 Å². The minimum Gasteiger partial charge on any atom is -0.343 e. The molecule has 4 heteroatoms. The molecule has 3 aromatic carbocycles. The van der Waals surface area contributed by atoms with E-state index in [1.807, 2.05) is 59.2 Å². The first-order valence-corrected chi connectivity index (χ1v) is 9.33. The molecular formula is C24H19N4+. The van der Waals surface area contributed by atoms with Crippen LogP contribution in [0.2, 0.25) is 0 Å². The van der Waals surface area contributed by atoms with Gasteiger partial charge in [0.05, 0.1) is 5.39 Å². The second-order valence-electron chi connectivity index (χ2n) is 6.69. The minimum absolute atomic E-state index is 0.691. The van der Waals surface area contributed by atoms with Crippen LogP contribution < -0.4 is 9.83 Å². The highest BCUT2D eigenvalue weighted by Crippen LogP contribution is 2.25. The van der Waals surface area contributed by atoms with E-state index >= 15 is 0 Å². The molecule has 0 radical (unpaired) electrons. The highest BCUT2D eigenvalue weighted by molar-refractivity contribution is 5.92. The molecule has 0 spiro atoms. The van der Waals surface area contributed by atoms with E-state index < -0.39 is 0 Å². The number of pyridine rings is 1. The summed E-state index contributed by atoms with van der Waals surface area (Å²) in [6, 6.07) is 30.8. The summed E-state index contributed by atoms with van der Waals surface area (Å²) < 4.78 is 1.86. The molecule has 0 unspecified atom stereocenters. The van der Waals surface area contributed by atoms with Crippen LogP contribution >= 0.6 is 0 Å². The van der Waals surface area contributed by atoms with E-state index in [9.17, 15) is 0 Å². The van der Waals surface area contributed by atoms with Crippen molar-refractivity contribution in [1.29, 1.82) is 0 Å². The number of hydrogen-bond acceptors (Lipinski definition) is 3. The molecule has 0 aliphatic carbocycles. The zero-order chi connectivity index (χ0) is 18.8. The second kappa shape index (κ2) is 7.08. The Morgan fingerprint density at radius 1 is 0.750 bits per heavy atom. The quantitative estimate of drug-likeness (QED) is 0.373. The van der Waals surface area contributed by atoms with Gasteiger partial charge in [-0.1, -0.05) is 84.0 Å². The number of nitrogens with zero attached hydrogens (tertiary/aromatic N) is 3. The van der Waals surface area contributed by atoms with Crippen molar-refractivity contribution in [1.82, 2.24) is 10.1 Å². The molecule has 0 saturated heterocycles. The largest absolute Gasteiger partial charge is 0.358 e. The van der Waals surface area contributed by atoms with Crippen molar-refractivity contribution in [3.8, 4) is 11.3 Å². The Morgan fingerprint density at radius 2 is 1.46 bits per heavy atom. The summed E-state index contributed by atoms with van der Waals surface area (Å²) in [5, 5.41) is 10.6. The molecule has 0 fully saturated rings. The molecule has 28 heavy (non-hydrogen) atoms. The molecule has 0 bridgehead atoms. The van der Waals surface area contributed by atoms with Gasteiger partial charge < -0.3 is 5.32 Å². The predicted molar refractivity (Wildman–Crippen MR) is 112 cm³/mol. The van der Waals surface area contributed by atoms with Crippen molar-refractivity contribution in [2.75, 3.05) is 5.32 Å². The van der Waals surface area contributed by atoms with Gasteiger partial charge in [-0.25, -0.2) is 0 Å². The number of benzene rings is 3. The zero-order valence-corrected chi connectivity index (χ0v) is 15.3. The predicted octanol–water partition coefficient (Wildman–Crippen LogP) is 4.65. The first-order chi connectivity index (χ1) is 13.9. The van der Waals surface area contributed by atoms with Crippen molar-refractivity contribution in [3.05, 3.63) is 103 Å². The van der Waals surface area contributed by atoms with E-state index in [4.69, 9.17) is 10.1 Å². The van der Waals surface area contributed by atoms with Crippen LogP contribution in [0.4, 0.5) is 5.82 Å². The van der Waals surface area contributed by atoms with Gasteiger partial charge >= 0.3 is 5.65 Å². The van der Waals surface area contributed by atoms with Gasteiger partial charge in [0.2, 0.25) is 0 Å². The van der Waals surface area contributed by atoms with Crippen molar-refractivity contribution >= 4 is 22.2 Å². The topological polar surface area (TPSA) is 41.9 Å². The SMILES string of the molecule is c1ccc(CNc2nc3c4ccccc4cc[n+]3nc2-c2ccccc2)cc1. The molecule has 0 saturated carbocycles. The molecule has 0 amide bonds. The van der Waals surface area contributed by atoms with Crippen molar-refractivity contribution in [2.45, 2.75) is 6.54 Å². The number of aromatic nitrogens is 3. The van der Waals surface area contributed by atoms with E-state index in [0.29, 0.717) is 6.54 Å². The van der Waals surface area contributed by atoms with Crippen LogP contribution in [0, 0.1) is 0 Å². The summed E-state index contributed by atoms with van der Waals surface area (Å²) in [6.45, 7) is 0.691. The van der Waals surface area contributed by atoms with E-state index in [0.717, 1.165) is 33.5 Å². The van der Waals surface area contributed by atoms with Gasteiger partial charge in [0.25, 0.3) is 5.82 Å². The van der Waals surface area contributed by atoms with E-state index in [2.05, 4.69) is 47.8 Å². The molecule has 0 aliphatic heterocycles. The lowest BCUT2D eigenvalue weighted by molar-refractivity contribution is -0.580. The molecule has 5 aromatic rings. The van der Waals surface area contributed by atoms with Crippen molar-refractivity contribution in [3.63, 3.8) is 0 Å². The number of rotatable bonds is 4. The highest BCUT2D eigenvalue weighted by atomic mass is 15.3. The van der Waals surface area contributed by atoms with Gasteiger partial charge in [0.15, 0.2) is 5.69 Å². The zero-order valence-electron chi connectivity index (χ0n) is 15.3. The molecule has 134 valence electrons.